The third-order valence-corrected chi connectivity index (χ3v) is 4.36. The van der Waals surface area contributed by atoms with Gasteiger partial charge in [-0.15, -0.1) is 22.7 Å². The minimum atomic E-state index is -0.399. The molecule has 0 spiro atoms. The number of hydrogen-bond acceptors (Lipinski definition) is 6. The number of ether oxygens (including phenoxy) is 1. The third kappa shape index (κ3) is 2.50. The summed E-state index contributed by atoms with van der Waals surface area (Å²) < 4.78 is 6.64. The van der Waals surface area contributed by atoms with Gasteiger partial charge in [0.25, 0.3) is 5.56 Å². The molecule has 0 N–H and O–H groups in total. The van der Waals surface area contributed by atoms with Crippen molar-refractivity contribution >= 4 is 33.6 Å². The minimum absolute atomic E-state index is 0.000574. The first kappa shape index (κ1) is 13.0. The molecule has 3 heterocycles. The topological polar surface area (TPSA) is 60.7 Å². The largest absolute Gasteiger partial charge is 0.455 e. The number of thiazole rings is 1. The monoisotopic (exact) mass is 306 g/mol. The average Bonchev–Trinajstić information content (AvgIpc) is 3.04. The lowest BCUT2D eigenvalue weighted by Crippen LogP contribution is -2.14. The van der Waals surface area contributed by atoms with Crippen molar-refractivity contribution < 1.29 is 9.53 Å². The Morgan fingerprint density at radius 2 is 2.35 bits per heavy atom. The molecule has 0 amide bonds. The van der Waals surface area contributed by atoms with Crippen LogP contribution in [0.5, 0.6) is 0 Å². The summed E-state index contributed by atoms with van der Waals surface area (Å²) in [7, 11) is 0. The van der Waals surface area contributed by atoms with E-state index in [9.17, 15) is 9.59 Å². The number of hydrogen-bond donors (Lipinski definition) is 0. The fourth-order valence-corrected chi connectivity index (χ4v) is 3.20. The number of aryl methyl sites for hydroxylation is 1. The second kappa shape index (κ2) is 5.18. The highest BCUT2D eigenvalue weighted by Gasteiger charge is 2.10. The summed E-state index contributed by atoms with van der Waals surface area (Å²) >= 11 is 2.74. The van der Waals surface area contributed by atoms with E-state index in [1.54, 1.807) is 18.3 Å². The summed E-state index contributed by atoms with van der Waals surface area (Å²) in [6, 6.07) is 4.87. The normalized spacial score (nSPS) is 10.8. The fourth-order valence-electron chi connectivity index (χ4n) is 1.74. The summed E-state index contributed by atoms with van der Waals surface area (Å²) in [5.74, 6) is -0.399. The number of aromatic nitrogens is 2. The Morgan fingerprint density at radius 3 is 3.10 bits per heavy atom. The lowest BCUT2D eigenvalue weighted by molar-refractivity contribution is 0.0473. The van der Waals surface area contributed by atoms with Crippen LogP contribution in [0.3, 0.4) is 0 Å². The Morgan fingerprint density at radius 1 is 1.50 bits per heavy atom. The summed E-state index contributed by atoms with van der Waals surface area (Å²) in [5, 5.41) is 1.81. The van der Waals surface area contributed by atoms with Gasteiger partial charge in [-0.1, -0.05) is 6.07 Å². The van der Waals surface area contributed by atoms with E-state index in [-0.39, 0.29) is 12.2 Å². The Kier molecular flexibility index (Phi) is 3.37. The molecule has 102 valence electrons. The van der Waals surface area contributed by atoms with Gasteiger partial charge in [0.05, 0.1) is 5.69 Å². The predicted octanol–water partition coefficient (Wildman–Crippen LogP) is 2.48. The van der Waals surface area contributed by atoms with E-state index in [1.165, 1.54) is 33.1 Å². The zero-order valence-corrected chi connectivity index (χ0v) is 12.2. The van der Waals surface area contributed by atoms with Gasteiger partial charge in [-0.25, -0.2) is 9.78 Å². The van der Waals surface area contributed by atoms with Crippen molar-refractivity contribution in [3.05, 3.63) is 55.6 Å². The molecule has 0 fully saturated rings. The van der Waals surface area contributed by atoms with Crippen LogP contribution in [0.15, 0.2) is 34.6 Å². The van der Waals surface area contributed by atoms with Gasteiger partial charge in [-0.05, 0) is 18.4 Å². The van der Waals surface area contributed by atoms with Gasteiger partial charge < -0.3 is 4.74 Å². The van der Waals surface area contributed by atoms with Crippen molar-refractivity contribution in [2.45, 2.75) is 13.5 Å². The lowest BCUT2D eigenvalue weighted by Gasteiger charge is -2.02. The molecule has 0 aliphatic rings. The second-order valence-corrected chi connectivity index (χ2v) is 6.29. The molecule has 3 aromatic heterocycles. The summed E-state index contributed by atoms with van der Waals surface area (Å²) in [4.78, 5) is 30.1. The van der Waals surface area contributed by atoms with E-state index in [2.05, 4.69) is 4.98 Å². The second-order valence-electron chi connectivity index (χ2n) is 4.13. The number of esters is 1. The molecule has 0 unspecified atom stereocenters. The van der Waals surface area contributed by atoms with Crippen molar-refractivity contribution in [1.29, 1.82) is 0 Å². The van der Waals surface area contributed by atoms with Crippen LogP contribution in [0.1, 0.15) is 20.2 Å². The first-order valence-corrected chi connectivity index (χ1v) is 7.52. The highest BCUT2D eigenvalue weighted by molar-refractivity contribution is 7.16. The highest BCUT2D eigenvalue weighted by atomic mass is 32.1. The molecule has 3 rings (SSSR count). The summed E-state index contributed by atoms with van der Waals surface area (Å²) in [6.45, 7) is 1.91. The van der Waals surface area contributed by atoms with Gasteiger partial charge in [0, 0.05) is 17.1 Å². The molecule has 0 atom stereocenters. The van der Waals surface area contributed by atoms with Crippen LogP contribution in [-0.4, -0.2) is 15.4 Å². The molecule has 3 aromatic rings. The van der Waals surface area contributed by atoms with Crippen LogP contribution < -0.4 is 5.56 Å². The Labute approximate surface area is 122 Å². The molecule has 7 heteroatoms. The van der Waals surface area contributed by atoms with Crippen LogP contribution in [0, 0.1) is 6.92 Å². The van der Waals surface area contributed by atoms with Crippen LogP contribution in [0.2, 0.25) is 0 Å². The van der Waals surface area contributed by atoms with E-state index in [4.69, 9.17) is 4.74 Å². The number of carbonyl (C=O) groups is 1. The number of carbonyl (C=O) groups excluding carboxylic acids is 1. The maximum Gasteiger partial charge on any atom is 0.348 e. The Bertz CT molecular complexity index is 818. The van der Waals surface area contributed by atoms with Crippen LogP contribution in [-0.2, 0) is 11.3 Å². The van der Waals surface area contributed by atoms with Crippen molar-refractivity contribution in [1.82, 2.24) is 9.38 Å². The van der Waals surface area contributed by atoms with Crippen LogP contribution in [0.4, 0.5) is 0 Å². The first-order valence-electron chi connectivity index (χ1n) is 5.83. The van der Waals surface area contributed by atoms with Gasteiger partial charge in [-0.3, -0.25) is 9.20 Å². The molecule has 0 radical (unpaired) electrons. The number of rotatable bonds is 3. The maximum absolute atomic E-state index is 11.9. The quantitative estimate of drug-likeness (QED) is 0.698. The molecule has 0 aliphatic carbocycles. The molecule has 0 aliphatic heterocycles. The smallest absolute Gasteiger partial charge is 0.348 e. The molecule has 0 aromatic carbocycles. The molecular formula is C13H10N2O3S2. The van der Waals surface area contributed by atoms with E-state index < -0.39 is 5.97 Å². The van der Waals surface area contributed by atoms with Crippen LogP contribution >= 0.6 is 22.7 Å². The molecule has 0 bridgehead atoms. The van der Waals surface area contributed by atoms with E-state index in [0.717, 1.165) is 4.88 Å². The van der Waals surface area contributed by atoms with Gasteiger partial charge in [0.1, 0.15) is 11.5 Å². The number of fused-ring (bicyclic) bond motifs is 1. The van der Waals surface area contributed by atoms with Crippen molar-refractivity contribution in [2.24, 2.45) is 0 Å². The zero-order valence-electron chi connectivity index (χ0n) is 10.5. The van der Waals surface area contributed by atoms with Crippen LogP contribution in [0.25, 0.3) is 4.96 Å². The Balaban J connectivity index is 1.81. The maximum atomic E-state index is 11.9. The minimum Gasteiger partial charge on any atom is -0.455 e. The molecule has 20 heavy (non-hydrogen) atoms. The van der Waals surface area contributed by atoms with E-state index in [1.807, 2.05) is 12.3 Å². The molecular weight excluding hydrogens is 296 g/mol. The summed E-state index contributed by atoms with van der Waals surface area (Å²) in [5.41, 5.74) is 0.295. The molecule has 0 saturated carbocycles. The predicted molar refractivity (Wildman–Crippen MR) is 77.5 cm³/mol. The molecule has 5 nitrogen and oxygen atoms in total. The Hall–Kier alpha value is -1.99. The fraction of sp³-hybridized carbons (Fsp3) is 0.154. The average molecular weight is 306 g/mol. The highest BCUT2D eigenvalue weighted by Crippen LogP contribution is 2.14. The van der Waals surface area contributed by atoms with E-state index in [0.29, 0.717) is 15.5 Å². The molecule has 0 saturated heterocycles. The zero-order chi connectivity index (χ0) is 14.1. The lowest BCUT2D eigenvalue weighted by atomic mass is 10.4. The van der Waals surface area contributed by atoms with Gasteiger partial charge in [-0.2, -0.15) is 0 Å². The summed E-state index contributed by atoms with van der Waals surface area (Å²) in [6.07, 6.45) is 1.75. The first-order chi connectivity index (χ1) is 9.63. The van der Waals surface area contributed by atoms with Gasteiger partial charge in [0.2, 0.25) is 0 Å². The number of nitrogens with zero attached hydrogens (tertiary/aromatic N) is 2. The van der Waals surface area contributed by atoms with E-state index >= 15 is 0 Å². The third-order valence-electron chi connectivity index (χ3n) is 2.61. The number of thiophene rings is 1. The van der Waals surface area contributed by atoms with Gasteiger partial charge >= 0.3 is 5.97 Å². The SMILES string of the molecule is Cc1cn2c(=O)cc(COC(=O)c3cccs3)nc2s1. The van der Waals surface area contributed by atoms with Crippen molar-refractivity contribution in [3.8, 4) is 0 Å². The van der Waals surface area contributed by atoms with Crippen molar-refractivity contribution in [3.63, 3.8) is 0 Å². The standard InChI is InChI=1S/C13H10N2O3S2/c1-8-6-15-11(16)5-9(14-13(15)20-8)7-18-12(17)10-3-2-4-19-10/h2-6H,7H2,1H3. The van der Waals surface area contributed by atoms with Crippen molar-refractivity contribution in [2.75, 3.05) is 0 Å². The van der Waals surface area contributed by atoms with Gasteiger partial charge in [0.15, 0.2) is 4.96 Å².